The summed E-state index contributed by atoms with van der Waals surface area (Å²) < 4.78 is 2.39. The van der Waals surface area contributed by atoms with E-state index in [1.54, 1.807) is 0 Å². The lowest BCUT2D eigenvalue weighted by molar-refractivity contribution is 0.898. The van der Waals surface area contributed by atoms with Crippen LogP contribution in [0, 0.1) is 0 Å². The Hall–Kier alpha value is -3.89. The minimum Gasteiger partial charge on any atom is -0.347 e. The third kappa shape index (κ3) is 6.66. The maximum absolute atomic E-state index is 4.78. The molecule has 0 atom stereocenters. The van der Waals surface area contributed by atoms with E-state index in [2.05, 4.69) is 144 Å². The van der Waals surface area contributed by atoms with Gasteiger partial charge in [0.05, 0.1) is 5.72 Å². The van der Waals surface area contributed by atoms with E-state index in [9.17, 15) is 0 Å². The standard InChI is InChI=1S/C33H33BN2Si/c1-5-14-27(15-6-1)31(28-16-7-2-8-17-28)22-13-25-37-26-36-24-23-35-33(36)34-32(29-18-9-3-10-19-29)30-20-11-4-12-21-30/h1-24,31-32,34H,25-26,37H2. The Kier molecular flexibility index (Phi) is 8.63. The summed E-state index contributed by atoms with van der Waals surface area (Å²) >= 11 is 0. The van der Waals surface area contributed by atoms with E-state index in [0.717, 1.165) is 13.4 Å². The monoisotopic (exact) mass is 496 g/mol. The third-order valence-corrected chi connectivity index (χ3v) is 8.55. The van der Waals surface area contributed by atoms with Gasteiger partial charge in [0, 0.05) is 34.0 Å². The first kappa shape index (κ1) is 24.8. The van der Waals surface area contributed by atoms with E-state index >= 15 is 0 Å². The van der Waals surface area contributed by atoms with Gasteiger partial charge in [-0.3, -0.25) is 4.98 Å². The van der Waals surface area contributed by atoms with Crippen molar-refractivity contribution in [2.75, 3.05) is 0 Å². The first-order valence-electron chi connectivity index (χ1n) is 13.2. The van der Waals surface area contributed by atoms with Crippen LogP contribution in [0.2, 0.25) is 6.04 Å². The zero-order valence-electron chi connectivity index (χ0n) is 21.2. The predicted molar refractivity (Wildman–Crippen MR) is 161 cm³/mol. The second-order valence-corrected chi connectivity index (χ2v) is 11.2. The molecule has 0 saturated carbocycles. The molecule has 0 aliphatic rings. The number of rotatable bonds is 11. The van der Waals surface area contributed by atoms with Gasteiger partial charge in [-0.1, -0.05) is 133 Å². The molecule has 5 aromatic rings. The molecular formula is C33H33BN2Si. The van der Waals surface area contributed by atoms with Crippen molar-refractivity contribution in [2.24, 2.45) is 0 Å². The number of benzene rings is 4. The average molecular weight is 497 g/mol. The van der Waals surface area contributed by atoms with Crippen molar-refractivity contribution in [3.63, 3.8) is 0 Å². The summed E-state index contributed by atoms with van der Waals surface area (Å²) in [4.78, 5) is 4.78. The van der Waals surface area contributed by atoms with Gasteiger partial charge in [0.1, 0.15) is 0 Å². The van der Waals surface area contributed by atoms with Crippen LogP contribution in [0.15, 0.2) is 146 Å². The fourth-order valence-corrected chi connectivity index (χ4v) is 6.42. The van der Waals surface area contributed by atoms with Crippen LogP contribution in [0.4, 0.5) is 0 Å². The van der Waals surface area contributed by atoms with Crippen molar-refractivity contribution < 1.29 is 0 Å². The van der Waals surface area contributed by atoms with Gasteiger partial charge in [-0.25, -0.2) is 0 Å². The first-order valence-corrected chi connectivity index (χ1v) is 15.2. The van der Waals surface area contributed by atoms with Crippen LogP contribution < -0.4 is 5.72 Å². The van der Waals surface area contributed by atoms with Gasteiger partial charge in [-0.05, 0) is 34.1 Å². The van der Waals surface area contributed by atoms with Crippen LogP contribution in [0.25, 0.3) is 0 Å². The maximum atomic E-state index is 4.78. The van der Waals surface area contributed by atoms with Crippen molar-refractivity contribution in [3.05, 3.63) is 168 Å². The fraction of sp³-hybridized carbons (Fsp3) is 0.121. The van der Waals surface area contributed by atoms with Crippen molar-refractivity contribution in [1.29, 1.82) is 0 Å². The first-order chi connectivity index (χ1) is 18.4. The molecule has 4 heteroatoms. The minimum atomic E-state index is -0.305. The molecule has 182 valence electrons. The van der Waals surface area contributed by atoms with E-state index in [0.29, 0.717) is 11.7 Å². The summed E-state index contributed by atoms with van der Waals surface area (Å²) in [6.45, 7) is 0. The summed E-state index contributed by atoms with van der Waals surface area (Å²) in [5, 5.41) is 0. The average Bonchev–Trinajstić information content (AvgIpc) is 3.42. The molecule has 1 aromatic heterocycles. The van der Waals surface area contributed by atoms with Crippen LogP contribution in [0.3, 0.4) is 0 Å². The third-order valence-electron chi connectivity index (χ3n) is 7.01. The van der Waals surface area contributed by atoms with E-state index in [1.165, 1.54) is 34.0 Å². The van der Waals surface area contributed by atoms with Crippen molar-refractivity contribution >= 4 is 22.5 Å². The predicted octanol–water partition coefficient (Wildman–Crippen LogP) is 5.67. The lowest BCUT2D eigenvalue weighted by atomic mass is 9.58. The van der Waals surface area contributed by atoms with Gasteiger partial charge in [-0.2, -0.15) is 0 Å². The molecule has 0 spiro atoms. The molecule has 2 nitrogen and oxygen atoms in total. The number of aromatic nitrogens is 2. The highest BCUT2D eigenvalue weighted by Crippen LogP contribution is 2.26. The highest BCUT2D eigenvalue weighted by molar-refractivity contribution is 6.54. The van der Waals surface area contributed by atoms with Crippen molar-refractivity contribution in [1.82, 2.24) is 9.55 Å². The van der Waals surface area contributed by atoms with Gasteiger partial charge in [0.25, 0.3) is 0 Å². The summed E-state index contributed by atoms with van der Waals surface area (Å²) in [6, 6.07) is 44.5. The summed E-state index contributed by atoms with van der Waals surface area (Å²) in [5.41, 5.74) is 6.56. The molecule has 1 heterocycles. The lowest BCUT2D eigenvalue weighted by Crippen LogP contribution is -2.32. The van der Waals surface area contributed by atoms with Crippen LogP contribution >= 0.6 is 0 Å². The van der Waals surface area contributed by atoms with Gasteiger partial charge < -0.3 is 4.57 Å². The van der Waals surface area contributed by atoms with Gasteiger partial charge in [-0.15, -0.1) is 0 Å². The largest absolute Gasteiger partial charge is 0.347 e. The molecule has 0 amide bonds. The zero-order chi connectivity index (χ0) is 25.1. The van der Waals surface area contributed by atoms with Gasteiger partial charge in [0.15, 0.2) is 0 Å². The molecular weight excluding hydrogens is 463 g/mol. The summed E-state index contributed by atoms with van der Waals surface area (Å²) in [7, 11) is 0.607. The number of allylic oxidation sites excluding steroid dienone is 2. The molecule has 0 unspecified atom stereocenters. The van der Waals surface area contributed by atoms with E-state index in [4.69, 9.17) is 4.98 Å². The molecule has 0 fully saturated rings. The summed E-state index contributed by atoms with van der Waals surface area (Å²) in [5.74, 6) is 0.611. The Morgan fingerprint density at radius 1 is 0.676 bits per heavy atom. The molecule has 37 heavy (non-hydrogen) atoms. The highest BCUT2D eigenvalue weighted by Gasteiger charge is 2.19. The van der Waals surface area contributed by atoms with Crippen LogP contribution in [-0.2, 0) is 6.17 Å². The van der Waals surface area contributed by atoms with Crippen molar-refractivity contribution in [3.8, 4) is 0 Å². The van der Waals surface area contributed by atoms with Crippen LogP contribution in [0.5, 0.6) is 0 Å². The quantitative estimate of drug-likeness (QED) is 0.131. The molecule has 0 saturated heterocycles. The SMILES string of the molecule is B(c1nccn1C[SiH2]CC=CC(c1ccccc1)c1ccccc1)C(c1ccccc1)c1ccccc1. The molecule has 0 N–H and O–H groups in total. The fourth-order valence-electron chi connectivity index (χ4n) is 5.06. The van der Waals surface area contributed by atoms with E-state index in [-0.39, 0.29) is 9.52 Å². The minimum absolute atomic E-state index is 0.303. The summed E-state index contributed by atoms with van der Waals surface area (Å²) in [6.07, 6.45) is 10.0. The Bertz CT molecular complexity index is 1290. The van der Waals surface area contributed by atoms with E-state index in [1.807, 2.05) is 6.20 Å². The Labute approximate surface area is 223 Å². The maximum Gasteiger partial charge on any atom is 0.217 e. The molecule has 0 bridgehead atoms. The van der Waals surface area contributed by atoms with Crippen molar-refractivity contribution in [2.45, 2.75) is 23.9 Å². The number of hydrogen-bond acceptors (Lipinski definition) is 1. The van der Waals surface area contributed by atoms with E-state index < -0.39 is 0 Å². The zero-order valence-corrected chi connectivity index (χ0v) is 22.6. The highest BCUT2D eigenvalue weighted by atomic mass is 28.2. The van der Waals surface area contributed by atoms with Crippen LogP contribution in [0.1, 0.15) is 34.0 Å². The van der Waals surface area contributed by atoms with Gasteiger partial charge >= 0.3 is 0 Å². The molecule has 5 rings (SSSR count). The van der Waals surface area contributed by atoms with Crippen LogP contribution in [-0.4, -0.2) is 26.4 Å². The Morgan fingerprint density at radius 3 is 1.68 bits per heavy atom. The smallest absolute Gasteiger partial charge is 0.217 e. The topological polar surface area (TPSA) is 17.8 Å². The molecule has 0 radical (unpaired) electrons. The Morgan fingerprint density at radius 2 is 1.16 bits per heavy atom. The molecule has 0 aliphatic heterocycles. The number of nitrogens with zero attached hydrogens (tertiary/aromatic N) is 2. The van der Waals surface area contributed by atoms with Gasteiger partial charge in [0.2, 0.25) is 7.28 Å². The molecule has 0 aliphatic carbocycles. The number of hydrogen-bond donors (Lipinski definition) is 0. The normalized spacial score (nSPS) is 11.7. The lowest BCUT2D eigenvalue weighted by Gasteiger charge is -2.18. The number of imidazole rings is 1. The second kappa shape index (κ2) is 12.9. The second-order valence-electron chi connectivity index (χ2n) is 9.48. The Balaban J connectivity index is 1.24. The molecule has 4 aromatic carbocycles.